The number of nitrogens with zero attached hydrogens (tertiary/aromatic N) is 1. The minimum Gasteiger partial charge on any atom is -0.452 e. The Kier molecular flexibility index (Phi) is 6.33. The summed E-state index contributed by atoms with van der Waals surface area (Å²) in [6.07, 6.45) is 2.77. The Hall–Kier alpha value is -3.10. The molecule has 0 atom stereocenters. The SMILES string of the molecule is Cc1ccc(Cl)cc1NC(=O)COC(=O)/C=C/c1ccc(C#N)cc1. The predicted molar refractivity (Wildman–Crippen MR) is 96.0 cm³/mol. The topological polar surface area (TPSA) is 79.2 Å². The van der Waals surface area contributed by atoms with Crippen molar-refractivity contribution in [2.75, 3.05) is 11.9 Å². The van der Waals surface area contributed by atoms with Crippen LogP contribution in [0.5, 0.6) is 0 Å². The van der Waals surface area contributed by atoms with Gasteiger partial charge in [0.2, 0.25) is 0 Å². The summed E-state index contributed by atoms with van der Waals surface area (Å²) in [6, 6.07) is 13.8. The number of carbonyl (C=O) groups excluding carboxylic acids is 2. The zero-order chi connectivity index (χ0) is 18.2. The zero-order valence-electron chi connectivity index (χ0n) is 13.5. The third-order valence-electron chi connectivity index (χ3n) is 3.27. The van der Waals surface area contributed by atoms with Crippen LogP contribution in [-0.2, 0) is 14.3 Å². The molecule has 2 aromatic carbocycles. The standard InChI is InChI=1S/C19H15ClN2O3/c1-13-2-8-16(20)10-17(13)22-18(23)12-25-19(24)9-7-14-3-5-15(11-21)6-4-14/h2-10H,12H2,1H3,(H,22,23)/b9-7+. The van der Waals surface area contributed by atoms with Gasteiger partial charge in [0.15, 0.2) is 6.61 Å². The van der Waals surface area contributed by atoms with E-state index >= 15 is 0 Å². The molecule has 1 amide bonds. The summed E-state index contributed by atoms with van der Waals surface area (Å²) < 4.78 is 4.89. The number of nitrogens with one attached hydrogen (secondary N) is 1. The van der Waals surface area contributed by atoms with E-state index in [1.54, 1.807) is 48.5 Å². The molecule has 0 saturated carbocycles. The van der Waals surface area contributed by atoms with Gasteiger partial charge in [0.05, 0.1) is 11.6 Å². The number of anilines is 1. The largest absolute Gasteiger partial charge is 0.452 e. The van der Waals surface area contributed by atoms with Crippen LogP contribution in [0.15, 0.2) is 48.5 Å². The normalized spacial score (nSPS) is 10.3. The molecule has 2 rings (SSSR count). The summed E-state index contributed by atoms with van der Waals surface area (Å²) in [5.74, 6) is -1.09. The van der Waals surface area contributed by atoms with E-state index in [9.17, 15) is 9.59 Å². The number of carbonyl (C=O) groups is 2. The fraction of sp³-hybridized carbons (Fsp3) is 0.105. The third kappa shape index (κ3) is 5.79. The van der Waals surface area contributed by atoms with Gasteiger partial charge < -0.3 is 10.1 Å². The second-order valence-electron chi connectivity index (χ2n) is 5.18. The Labute approximate surface area is 150 Å². The molecule has 0 aliphatic carbocycles. The molecule has 6 heteroatoms. The molecule has 0 unspecified atom stereocenters. The van der Waals surface area contributed by atoms with Crippen molar-refractivity contribution in [2.45, 2.75) is 6.92 Å². The van der Waals surface area contributed by atoms with Gasteiger partial charge in [-0.05, 0) is 48.4 Å². The van der Waals surface area contributed by atoms with Crippen LogP contribution in [0.2, 0.25) is 5.02 Å². The van der Waals surface area contributed by atoms with Crippen LogP contribution in [-0.4, -0.2) is 18.5 Å². The first-order chi connectivity index (χ1) is 12.0. The third-order valence-corrected chi connectivity index (χ3v) is 3.51. The van der Waals surface area contributed by atoms with Crippen molar-refractivity contribution in [1.82, 2.24) is 0 Å². The second-order valence-corrected chi connectivity index (χ2v) is 5.62. The molecule has 0 aromatic heterocycles. The Balaban J connectivity index is 1.84. The molecular formula is C19H15ClN2O3. The molecule has 25 heavy (non-hydrogen) atoms. The summed E-state index contributed by atoms with van der Waals surface area (Å²) in [4.78, 5) is 23.5. The van der Waals surface area contributed by atoms with E-state index in [-0.39, 0.29) is 0 Å². The smallest absolute Gasteiger partial charge is 0.331 e. The van der Waals surface area contributed by atoms with Crippen LogP contribution < -0.4 is 5.32 Å². The predicted octanol–water partition coefficient (Wildman–Crippen LogP) is 3.72. The molecule has 0 bridgehead atoms. The maximum Gasteiger partial charge on any atom is 0.331 e. The van der Waals surface area contributed by atoms with E-state index in [4.69, 9.17) is 21.6 Å². The first-order valence-corrected chi connectivity index (χ1v) is 7.77. The lowest BCUT2D eigenvalue weighted by Gasteiger charge is -2.08. The molecule has 5 nitrogen and oxygen atoms in total. The number of aryl methyl sites for hydroxylation is 1. The average molecular weight is 355 g/mol. The fourth-order valence-corrected chi connectivity index (χ4v) is 2.11. The van der Waals surface area contributed by atoms with E-state index in [1.807, 2.05) is 13.0 Å². The maximum atomic E-state index is 11.8. The highest BCUT2D eigenvalue weighted by Gasteiger charge is 2.08. The van der Waals surface area contributed by atoms with Crippen molar-refractivity contribution >= 4 is 35.2 Å². The van der Waals surface area contributed by atoms with Gasteiger partial charge in [-0.15, -0.1) is 0 Å². The Bertz CT molecular complexity index is 852. The number of amides is 1. The van der Waals surface area contributed by atoms with Gasteiger partial charge in [-0.3, -0.25) is 4.79 Å². The zero-order valence-corrected chi connectivity index (χ0v) is 14.2. The van der Waals surface area contributed by atoms with Crippen LogP contribution >= 0.6 is 11.6 Å². The Morgan fingerprint density at radius 2 is 1.96 bits per heavy atom. The number of ether oxygens (including phenoxy) is 1. The molecule has 0 aliphatic rings. The first kappa shape index (κ1) is 18.2. The highest BCUT2D eigenvalue weighted by molar-refractivity contribution is 6.31. The van der Waals surface area contributed by atoms with E-state index < -0.39 is 18.5 Å². The molecule has 0 aliphatic heterocycles. The van der Waals surface area contributed by atoms with Gasteiger partial charge in [-0.25, -0.2) is 4.79 Å². The van der Waals surface area contributed by atoms with Crippen molar-refractivity contribution in [3.05, 3.63) is 70.3 Å². The van der Waals surface area contributed by atoms with Gasteiger partial charge in [0.25, 0.3) is 5.91 Å². The molecule has 126 valence electrons. The van der Waals surface area contributed by atoms with E-state index in [0.717, 1.165) is 11.1 Å². The Morgan fingerprint density at radius 3 is 2.64 bits per heavy atom. The average Bonchev–Trinajstić information content (AvgIpc) is 2.61. The van der Waals surface area contributed by atoms with Gasteiger partial charge >= 0.3 is 5.97 Å². The summed E-state index contributed by atoms with van der Waals surface area (Å²) in [5.41, 5.74) is 2.70. The van der Waals surface area contributed by atoms with Crippen molar-refractivity contribution < 1.29 is 14.3 Å². The molecule has 0 saturated heterocycles. The maximum absolute atomic E-state index is 11.8. The number of nitriles is 1. The number of halogens is 1. The van der Waals surface area contributed by atoms with Gasteiger partial charge in [-0.1, -0.05) is 29.8 Å². The van der Waals surface area contributed by atoms with Crippen molar-refractivity contribution in [2.24, 2.45) is 0 Å². The molecule has 2 aromatic rings. The summed E-state index contributed by atoms with van der Waals surface area (Å²) in [7, 11) is 0. The van der Waals surface area contributed by atoms with Crippen molar-refractivity contribution in [3.63, 3.8) is 0 Å². The number of benzene rings is 2. The number of esters is 1. The molecule has 1 N–H and O–H groups in total. The molecule has 0 fully saturated rings. The lowest BCUT2D eigenvalue weighted by Crippen LogP contribution is -2.20. The Morgan fingerprint density at radius 1 is 1.24 bits per heavy atom. The minimum atomic E-state index is -0.637. The van der Waals surface area contributed by atoms with Crippen LogP contribution in [0.3, 0.4) is 0 Å². The minimum absolute atomic E-state index is 0.400. The van der Waals surface area contributed by atoms with E-state index in [0.29, 0.717) is 16.3 Å². The highest BCUT2D eigenvalue weighted by Crippen LogP contribution is 2.19. The van der Waals surface area contributed by atoms with Gasteiger partial charge in [0, 0.05) is 16.8 Å². The van der Waals surface area contributed by atoms with Crippen LogP contribution in [0.1, 0.15) is 16.7 Å². The quantitative estimate of drug-likeness (QED) is 0.655. The molecule has 0 spiro atoms. The number of rotatable bonds is 5. The van der Waals surface area contributed by atoms with Crippen molar-refractivity contribution in [3.8, 4) is 6.07 Å². The lowest BCUT2D eigenvalue weighted by atomic mass is 10.1. The van der Waals surface area contributed by atoms with Crippen LogP contribution in [0, 0.1) is 18.3 Å². The number of hydrogen-bond acceptors (Lipinski definition) is 4. The monoisotopic (exact) mass is 354 g/mol. The highest BCUT2D eigenvalue weighted by atomic mass is 35.5. The summed E-state index contributed by atoms with van der Waals surface area (Å²) >= 11 is 5.88. The van der Waals surface area contributed by atoms with Crippen LogP contribution in [0.4, 0.5) is 5.69 Å². The van der Waals surface area contributed by atoms with E-state index in [2.05, 4.69) is 5.32 Å². The van der Waals surface area contributed by atoms with Gasteiger partial charge in [-0.2, -0.15) is 5.26 Å². The molecule has 0 heterocycles. The second kappa shape index (κ2) is 8.67. The fourth-order valence-electron chi connectivity index (χ4n) is 1.93. The van der Waals surface area contributed by atoms with E-state index in [1.165, 1.54) is 6.08 Å². The number of hydrogen-bond donors (Lipinski definition) is 1. The molecular weight excluding hydrogens is 340 g/mol. The van der Waals surface area contributed by atoms with Gasteiger partial charge in [0.1, 0.15) is 0 Å². The lowest BCUT2D eigenvalue weighted by molar-refractivity contribution is -0.142. The first-order valence-electron chi connectivity index (χ1n) is 7.39. The summed E-state index contributed by atoms with van der Waals surface area (Å²) in [6.45, 7) is 1.43. The van der Waals surface area contributed by atoms with Crippen LogP contribution in [0.25, 0.3) is 6.08 Å². The summed E-state index contributed by atoms with van der Waals surface area (Å²) in [5, 5.41) is 11.9. The molecule has 0 radical (unpaired) electrons. The van der Waals surface area contributed by atoms with Crippen molar-refractivity contribution in [1.29, 1.82) is 5.26 Å².